The summed E-state index contributed by atoms with van der Waals surface area (Å²) in [6.45, 7) is 4.00. The number of hydrogen-bond acceptors (Lipinski definition) is 2. The summed E-state index contributed by atoms with van der Waals surface area (Å²) < 4.78 is 0. The van der Waals surface area contributed by atoms with Crippen LogP contribution in [0.15, 0.2) is 24.3 Å². The minimum Gasteiger partial charge on any atom is -0.355 e. The summed E-state index contributed by atoms with van der Waals surface area (Å²) in [5.74, 6) is -0.174. The Labute approximate surface area is 84.4 Å². The molecule has 3 nitrogen and oxygen atoms in total. The molecule has 0 aliphatic rings. The van der Waals surface area contributed by atoms with Gasteiger partial charge in [0.25, 0.3) is 5.91 Å². The standard InChI is InChI=1S/C9H8N2O.C2H6/c1-11-9(12)8-4-2-3-7(5-8)6-10;1-2/h2-5H,1H3,(H,11,12);1-2H3. The normalized spacial score (nSPS) is 7.86. The Kier molecular flexibility index (Phi) is 5.80. The second kappa shape index (κ2) is 6.67. The molecule has 0 aliphatic heterocycles. The van der Waals surface area contributed by atoms with Crippen molar-refractivity contribution in [2.45, 2.75) is 13.8 Å². The first kappa shape index (κ1) is 12.2. The number of nitriles is 1. The number of rotatable bonds is 1. The fourth-order valence-electron chi connectivity index (χ4n) is 0.874. The molecule has 0 aliphatic carbocycles. The van der Waals surface area contributed by atoms with E-state index in [1.54, 1.807) is 31.3 Å². The van der Waals surface area contributed by atoms with Gasteiger partial charge in [0.1, 0.15) is 0 Å². The molecule has 0 bridgehead atoms. The lowest BCUT2D eigenvalue weighted by Gasteiger charge is -1.98. The molecule has 1 rings (SSSR count). The maximum atomic E-state index is 11.1. The van der Waals surface area contributed by atoms with Gasteiger partial charge in [0, 0.05) is 12.6 Å². The van der Waals surface area contributed by atoms with Gasteiger partial charge < -0.3 is 5.32 Å². The summed E-state index contributed by atoms with van der Waals surface area (Å²) in [7, 11) is 1.56. The van der Waals surface area contributed by atoms with E-state index in [4.69, 9.17) is 5.26 Å². The van der Waals surface area contributed by atoms with Crippen molar-refractivity contribution in [3.63, 3.8) is 0 Å². The zero-order valence-corrected chi connectivity index (χ0v) is 8.66. The molecule has 1 aromatic carbocycles. The number of nitrogens with zero attached hydrogens (tertiary/aromatic N) is 1. The van der Waals surface area contributed by atoms with Crippen LogP contribution in [-0.2, 0) is 0 Å². The van der Waals surface area contributed by atoms with Crippen LogP contribution in [0.5, 0.6) is 0 Å². The van der Waals surface area contributed by atoms with Gasteiger partial charge in [0.05, 0.1) is 11.6 Å². The Hall–Kier alpha value is -1.82. The molecular weight excluding hydrogens is 176 g/mol. The van der Waals surface area contributed by atoms with Crippen molar-refractivity contribution >= 4 is 5.91 Å². The Morgan fingerprint density at radius 1 is 1.43 bits per heavy atom. The summed E-state index contributed by atoms with van der Waals surface area (Å²) in [5.41, 5.74) is 1.01. The van der Waals surface area contributed by atoms with Crippen LogP contribution in [0.4, 0.5) is 0 Å². The van der Waals surface area contributed by atoms with E-state index >= 15 is 0 Å². The second-order valence-electron chi connectivity index (χ2n) is 2.27. The van der Waals surface area contributed by atoms with Crippen LogP contribution >= 0.6 is 0 Å². The fraction of sp³-hybridized carbons (Fsp3) is 0.273. The number of carbonyl (C=O) groups excluding carboxylic acids is 1. The monoisotopic (exact) mass is 190 g/mol. The van der Waals surface area contributed by atoms with Crippen LogP contribution in [0.1, 0.15) is 29.8 Å². The minimum absolute atomic E-state index is 0.174. The van der Waals surface area contributed by atoms with E-state index in [2.05, 4.69) is 5.32 Å². The Morgan fingerprint density at radius 3 is 2.57 bits per heavy atom. The highest BCUT2D eigenvalue weighted by Gasteiger charge is 2.01. The lowest BCUT2D eigenvalue weighted by molar-refractivity contribution is 0.0963. The van der Waals surface area contributed by atoms with Crippen LogP contribution in [0.2, 0.25) is 0 Å². The molecule has 74 valence electrons. The predicted octanol–water partition coefficient (Wildman–Crippen LogP) is 1.94. The van der Waals surface area contributed by atoms with Gasteiger partial charge in [0.2, 0.25) is 0 Å². The Balaban J connectivity index is 0.000000791. The molecule has 0 heterocycles. The van der Waals surface area contributed by atoms with Gasteiger partial charge in [-0.2, -0.15) is 5.26 Å². The van der Waals surface area contributed by atoms with Crippen molar-refractivity contribution in [1.29, 1.82) is 5.26 Å². The first-order chi connectivity index (χ1) is 6.77. The summed E-state index contributed by atoms with van der Waals surface area (Å²) in [4.78, 5) is 11.1. The summed E-state index contributed by atoms with van der Waals surface area (Å²) in [6, 6.07) is 8.53. The van der Waals surface area contributed by atoms with Gasteiger partial charge in [-0.3, -0.25) is 4.79 Å². The van der Waals surface area contributed by atoms with Crippen molar-refractivity contribution < 1.29 is 4.79 Å². The van der Waals surface area contributed by atoms with E-state index in [1.165, 1.54) is 0 Å². The van der Waals surface area contributed by atoms with Crippen molar-refractivity contribution in [2.24, 2.45) is 0 Å². The third-order valence-electron chi connectivity index (χ3n) is 1.48. The molecule has 0 aromatic heterocycles. The van der Waals surface area contributed by atoms with Gasteiger partial charge in [-0.05, 0) is 18.2 Å². The SMILES string of the molecule is CC.CNC(=O)c1cccc(C#N)c1. The quantitative estimate of drug-likeness (QED) is 0.735. The average molecular weight is 190 g/mol. The molecule has 0 unspecified atom stereocenters. The van der Waals surface area contributed by atoms with E-state index < -0.39 is 0 Å². The number of hydrogen-bond donors (Lipinski definition) is 1. The fourth-order valence-corrected chi connectivity index (χ4v) is 0.874. The molecule has 0 saturated heterocycles. The average Bonchev–Trinajstić information content (AvgIpc) is 2.30. The van der Waals surface area contributed by atoms with Crippen molar-refractivity contribution in [3.05, 3.63) is 35.4 Å². The number of benzene rings is 1. The van der Waals surface area contributed by atoms with Gasteiger partial charge in [-0.25, -0.2) is 0 Å². The van der Waals surface area contributed by atoms with E-state index in [0.717, 1.165) is 0 Å². The molecule has 0 radical (unpaired) electrons. The maximum Gasteiger partial charge on any atom is 0.251 e. The van der Waals surface area contributed by atoms with Crippen molar-refractivity contribution in [1.82, 2.24) is 5.32 Å². The smallest absolute Gasteiger partial charge is 0.251 e. The highest BCUT2D eigenvalue weighted by molar-refractivity contribution is 5.94. The zero-order valence-electron chi connectivity index (χ0n) is 8.66. The Bertz CT molecular complexity index is 339. The number of carbonyl (C=O) groups is 1. The zero-order chi connectivity index (χ0) is 11.0. The van der Waals surface area contributed by atoms with E-state index in [9.17, 15) is 4.79 Å². The molecule has 0 fully saturated rings. The van der Waals surface area contributed by atoms with Crippen molar-refractivity contribution in [2.75, 3.05) is 7.05 Å². The summed E-state index contributed by atoms with van der Waals surface area (Å²) in [5, 5.41) is 11.0. The lowest BCUT2D eigenvalue weighted by Crippen LogP contribution is -2.17. The van der Waals surface area contributed by atoms with Crippen LogP contribution in [-0.4, -0.2) is 13.0 Å². The first-order valence-electron chi connectivity index (χ1n) is 4.50. The molecule has 1 amide bonds. The van der Waals surface area contributed by atoms with Crippen LogP contribution < -0.4 is 5.32 Å². The lowest BCUT2D eigenvalue weighted by atomic mass is 10.1. The molecule has 0 saturated carbocycles. The molecule has 0 atom stereocenters. The van der Waals surface area contributed by atoms with Gasteiger partial charge in [0.15, 0.2) is 0 Å². The van der Waals surface area contributed by atoms with Gasteiger partial charge in [-0.1, -0.05) is 19.9 Å². The topological polar surface area (TPSA) is 52.9 Å². The van der Waals surface area contributed by atoms with Gasteiger partial charge in [-0.15, -0.1) is 0 Å². The number of nitrogens with one attached hydrogen (secondary N) is 1. The molecule has 1 N–H and O–H groups in total. The van der Waals surface area contributed by atoms with Gasteiger partial charge >= 0.3 is 0 Å². The largest absolute Gasteiger partial charge is 0.355 e. The molecule has 0 spiro atoms. The first-order valence-corrected chi connectivity index (χ1v) is 4.50. The highest BCUT2D eigenvalue weighted by atomic mass is 16.1. The molecule has 14 heavy (non-hydrogen) atoms. The predicted molar refractivity (Wildman–Crippen MR) is 55.9 cm³/mol. The maximum absolute atomic E-state index is 11.1. The van der Waals surface area contributed by atoms with Crippen LogP contribution in [0.3, 0.4) is 0 Å². The summed E-state index contributed by atoms with van der Waals surface area (Å²) in [6.07, 6.45) is 0. The number of amides is 1. The third-order valence-corrected chi connectivity index (χ3v) is 1.48. The third kappa shape index (κ3) is 3.28. The Morgan fingerprint density at radius 2 is 2.07 bits per heavy atom. The highest BCUT2D eigenvalue weighted by Crippen LogP contribution is 2.03. The molecule has 3 heteroatoms. The van der Waals surface area contributed by atoms with E-state index in [1.807, 2.05) is 19.9 Å². The summed E-state index contributed by atoms with van der Waals surface area (Å²) >= 11 is 0. The molecule has 1 aromatic rings. The second-order valence-corrected chi connectivity index (χ2v) is 2.27. The van der Waals surface area contributed by atoms with E-state index in [-0.39, 0.29) is 5.91 Å². The minimum atomic E-state index is -0.174. The van der Waals surface area contributed by atoms with E-state index in [0.29, 0.717) is 11.1 Å². The van der Waals surface area contributed by atoms with Crippen LogP contribution in [0.25, 0.3) is 0 Å². The molecular formula is C11H14N2O. The van der Waals surface area contributed by atoms with Crippen LogP contribution in [0, 0.1) is 11.3 Å². The van der Waals surface area contributed by atoms with Crippen molar-refractivity contribution in [3.8, 4) is 6.07 Å².